The van der Waals surface area contributed by atoms with Crippen LogP contribution >= 0.6 is 0 Å². The van der Waals surface area contributed by atoms with Crippen LogP contribution in [0, 0.1) is 5.82 Å². The third kappa shape index (κ3) is 4.20. The Morgan fingerprint density at radius 1 is 1.20 bits per heavy atom. The van der Waals surface area contributed by atoms with Crippen LogP contribution in [0.15, 0.2) is 24.3 Å². The highest BCUT2D eigenvalue weighted by atomic mass is 19.1. The van der Waals surface area contributed by atoms with Crippen molar-refractivity contribution in [3.8, 4) is 0 Å². The highest BCUT2D eigenvalue weighted by Gasteiger charge is 2.17. The molecule has 1 aromatic carbocycles. The number of piperazine rings is 1. The van der Waals surface area contributed by atoms with Gasteiger partial charge in [0.2, 0.25) is 5.91 Å². The van der Waals surface area contributed by atoms with Crippen molar-refractivity contribution in [2.24, 2.45) is 0 Å². The summed E-state index contributed by atoms with van der Waals surface area (Å²) in [6.45, 7) is 7.15. The molecule has 2 rings (SSSR count). The molecule has 5 heteroatoms. The first-order chi connectivity index (χ1) is 9.69. The van der Waals surface area contributed by atoms with Crippen LogP contribution in [0.1, 0.15) is 13.3 Å². The molecule has 0 spiro atoms. The second kappa shape index (κ2) is 7.24. The van der Waals surface area contributed by atoms with Crippen molar-refractivity contribution in [2.45, 2.75) is 13.3 Å². The molecule has 0 saturated carbocycles. The number of hydrogen-bond donors (Lipinski definition) is 1. The minimum absolute atomic E-state index is 0.119. The van der Waals surface area contributed by atoms with E-state index < -0.39 is 0 Å². The average Bonchev–Trinajstić information content (AvgIpc) is 2.47. The zero-order valence-corrected chi connectivity index (χ0v) is 11.9. The number of hydrogen-bond acceptors (Lipinski definition) is 3. The van der Waals surface area contributed by atoms with E-state index in [-0.39, 0.29) is 11.7 Å². The third-order valence-corrected chi connectivity index (χ3v) is 3.59. The van der Waals surface area contributed by atoms with Crippen LogP contribution in [0.5, 0.6) is 0 Å². The lowest BCUT2D eigenvalue weighted by Gasteiger charge is -2.36. The number of amides is 1. The van der Waals surface area contributed by atoms with Crippen LogP contribution in [0.4, 0.5) is 10.1 Å². The summed E-state index contributed by atoms with van der Waals surface area (Å²) in [5, 5.41) is 2.81. The number of rotatable bonds is 5. The topological polar surface area (TPSA) is 35.6 Å². The summed E-state index contributed by atoms with van der Waals surface area (Å²) in [7, 11) is 0. The summed E-state index contributed by atoms with van der Waals surface area (Å²) in [6, 6.07) is 6.63. The average molecular weight is 279 g/mol. The van der Waals surface area contributed by atoms with Gasteiger partial charge in [0.15, 0.2) is 0 Å². The Morgan fingerprint density at radius 3 is 2.45 bits per heavy atom. The van der Waals surface area contributed by atoms with Crippen LogP contribution in [0.3, 0.4) is 0 Å². The van der Waals surface area contributed by atoms with E-state index in [0.717, 1.165) is 38.4 Å². The van der Waals surface area contributed by atoms with E-state index in [1.54, 1.807) is 0 Å². The second-order valence-electron chi connectivity index (χ2n) is 5.01. The summed E-state index contributed by atoms with van der Waals surface area (Å²) < 4.78 is 12.9. The van der Waals surface area contributed by atoms with E-state index in [1.807, 2.05) is 19.1 Å². The van der Waals surface area contributed by atoms with Crippen molar-refractivity contribution in [3.05, 3.63) is 30.1 Å². The van der Waals surface area contributed by atoms with Crippen LogP contribution in [-0.4, -0.2) is 50.1 Å². The Kier molecular flexibility index (Phi) is 5.35. The van der Waals surface area contributed by atoms with Crippen molar-refractivity contribution in [2.75, 3.05) is 44.2 Å². The van der Waals surface area contributed by atoms with Gasteiger partial charge in [0.25, 0.3) is 0 Å². The van der Waals surface area contributed by atoms with Crippen molar-refractivity contribution in [1.82, 2.24) is 10.2 Å². The molecule has 110 valence electrons. The zero-order valence-electron chi connectivity index (χ0n) is 11.9. The van der Waals surface area contributed by atoms with E-state index in [9.17, 15) is 9.18 Å². The fraction of sp³-hybridized carbons (Fsp3) is 0.533. The van der Waals surface area contributed by atoms with Gasteiger partial charge in [-0.1, -0.05) is 0 Å². The first kappa shape index (κ1) is 14.8. The molecule has 1 N–H and O–H groups in total. The van der Waals surface area contributed by atoms with Crippen molar-refractivity contribution in [1.29, 1.82) is 0 Å². The van der Waals surface area contributed by atoms with Gasteiger partial charge in [0.05, 0.1) is 0 Å². The highest BCUT2D eigenvalue weighted by molar-refractivity contribution is 5.75. The lowest BCUT2D eigenvalue weighted by molar-refractivity contribution is -0.121. The maximum absolute atomic E-state index is 12.9. The number of carbonyl (C=O) groups is 1. The molecule has 0 bridgehead atoms. The molecular weight excluding hydrogens is 257 g/mol. The maximum Gasteiger partial charge on any atom is 0.221 e. The number of halogens is 1. The molecule has 1 saturated heterocycles. The number of nitrogens with one attached hydrogen (secondary N) is 1. The zero-order chi connectivity index (χ0) is 14.4. The summed E-state index contributed by atoms with van der Waals surface area (Å²) >= 11 is 0. The lowest BCUT2D eigenvalue weighted by Crippen LogP contribution is -2.47. The highest BCUT2D eigenvalue weighted by Crippen LogP contribution is 2.16. The van der Waals surface area contributed by atoms with Gasteiger partial charge in [-0.15, -0.1) is 0 Å². The van der Waals surface area contributed by atoms with E-state index in [0.29, 0.717) is 13.0 Å². The lowest BCUT2D eigenvalue weighted by atomic mass is 10.2. The third-order valence-electron chi connectivity index (χ3n) is 3.59. The summed E-state index contributed by atoms with van der Waals surface area (Å²) in [5.74, 6) is -0.0808. The van der Waals surface area contributed by atoms with Gasteiger partial charge in [-0.3, -0.25) is 9.69 Å². The standard InChI is InChI=1S/C15H22FN3O/c1-2-17-15(20)7-8-18-9-11-19(12-10-18)14-5-3-13(16)4-6-14/h3-6H,2,7-12H2,1H3,(H,17,20). The quantitative estimate of drug-likeness (QED) is 0.886. The van der Waals surface area contributed by atoms with Gasteiger partial charge < -0.3 is 10.2 Å². The van der Waals surface area contributed by atoms with Crippen LogP contribution in [0.2, 0.25) is 0 Å². The molecule has 1 heterocycles. The van der Waals surface area contributed by atoms with Crippen molar-refractivity contribution >= 4 is 11.6 Å². The normalized spacial score (nSPS) is 16.2. The van der Waals surface area contributed by atoms with Gasteiger partial charge in [0.1, 0.15) is 5.82 Å². The number of anilines is 1. The van der Waals surface area contributed by atoms with E-state index in [2.05, 4.69) is 15.1 Å². The second-order valence-corrected chi connectivity index (χ2v) is 5.01. The van der Waals surface area contributed by atoms with Gasteiger partial charge in [-0.25, -0.2) is 4.39 Å². The van der Waals surface area contributed by atoms with Crippen molar-refractivity contribution < 1.29 is 9.18 Å². The molecule has 0 radical (unpaired) electrons. The molecule has 0 aliphatic carbocycles. The molecule has 1 fully saturated rings. The van der Waals surface area contributed by atoms with E-state index >= 15 is 0 Å². The first-order valence-electron chi connectivity index (χ1n) is 7.18. The predicted molar refractivity (Wildman–Crippen MR) is 78.4 cm³/mol. The summed E-state index contributed by atoms with van der Waals surface area (Å²) in [5.41, 5.74) is 1.06. The molecule has 0 atom stereocenters. The van der Waals surface area contributed by atoms with Gasteiger partial charge >= 0.3 is 0 Å². The molecule has 1 amide bonds. The molecule has 1 aliphatic rings. The van der Waals surface area contributed by atoms with Crippen LogP contribution in [0.25, 0.3) is 0 Å². The summed E-state index contributed by atoms with van der Waals surface area (Å²) in [6.07, 6.45) is 0.560. The van der Waals surface area contributed by atoms with E-state index in [1.165, 1.54) is 12.1 Å². The Balaban J connectivity index is 1.75. The smallest absolute Gasteiger partial charge is 0.221 e. The molecule has 0 aromatic heterocycles. The summed E-state index contributed by atoms with van der Waals surface area (Å²) in [4.78, 5) is 16.0. The van der Waals surface area contributed by atoms with Gasteiger partial charge in [0, 0.05) is 51.4 Å². The van der Waals surface area contributed by atoms with E-state index in [4.69, 9.17) is 0 Å². The largest absolute Gasteiger partial charge is 0.369 e. The maximum atomic E-state index is 12.9. The minimum atomic E-state index is -0.200. The first-order valence-corrected chi connectivity index (χ1v) is 7.18. The Hall–Kier alpha value is -1.62. The van der Waals surface area contributed by atoms with Crippen LogP contribution < -0.4 is 10.2 Å². The number of benzene rings is 1. The van der Waals surface area contributed by atoms with Crippen molar-refractivity contribution in [3.63, 3.8) is 0 Å². The predicted octanol–water partition coefficient (Wildman–Crippen LogP) is 1.47. The Morgan fingerprint density at radius 2 is 1.85 bits per heavy atom. The molecule has 1 aromatic rings. The fourth-order valence-corrected chi connectivity index (χ4v) is 2.43. The van der Waals surface area contributed by atoms with Crippen LogP contribution in [-0.2, 0) is 4.79 Å². The van der Waals surface area contributed by atoms with Gasteiger partial charge in [-0.05, 0) is 31.2 Å². The number of nitrogens with zero attached hydrogens (tertiary/aromatic N) is 2. The molecule has 4 nitrogen and oxygen atoms in total. The van der Waals surface area contributed by atoms with Gasteiger partial charge in [-0.2, -0.15) is 0 Å². The Bertz CT molecular complexity index is 427. The minimum Gasteiger partial charge on any atom is -0.369 e. The monoisotopic (exact) mass is 279 g/mol. The Labute approximate surface area is 119 Å². The molecule has 0 unspecified atom stereocenters. The fourth-order valence-electron chi connectivity index (χ4n) is 2.43. The molecule has 1 aliphatic heterocycles. The molecular formula is C15H22FN3O. The molecule has 20 heavy (non-hydrogen) atoms. The SMILES string of the molecule is CCNC(=O)CCN1CCN(c2ccc(F)cc2)CC1. The number of carbonyl (C=O) groups excluding carboxylic acids is 1.